The van der Waals surface area contributed by atoms with E-state index in [9.17, 15) is 0 Å². The lowest BCUT2D eigenvalue weighted by Crippen LogP contribution is -2.16. The molecule has 1 aromatic carbocycles. The first kappa shape index (κ1) is 24.6. The average molecular weight is 517 g/mol. The van der Waals surface area contributed by atoms with Crippen molar-refractivity contribution in [1.29, 1.82) is 0 Å². The highest BCUT2D eigenvalue weighted by molar-refractivity contribution is 5.96. The molecule has 196 valence electrons. The normalized spacial score (nSPS) is 14.9. The molecule has 1 fully saturated rings. The van der Waals surface area contributed by atoms with Crippen LogP contribution in [0.15, 0.2) is 85.9 Å². The zero-order valence-electron chi connectivity index (χ0n) is 22.3. The molecule has 0 saturated heterocycles. The van der Waals surface area contributed by atoms with Crippen LogP contribution in [0.1, 0.15) is 43.9 Å². The number of allylic oxidation sites excluding steroid dienone is 5. The first-order valence-corrected chi connectivity index (χ1v) is 13.3. The van der Waals surface area contributed by atoms with Crippen LogP contribution < -0.4 is 5.32 Å². The molecule has 3 N–H and O–H groups in total. The van der Waals surface area contributed by atoms with Crippen LogP contribution in [0.2, 0.25) is 0 Å². The second-order valence-corrected chi connectivity index (χ2v) is 10.1. The fraction of sp³-hybridized carbons (Fsp3) is 0.226. The number of aromatic nitrogens is 7. The Labute approximate surface area is 227 Å². The van der Waals surface area contributed by atoms with Crippen LogP contribution in [0.4, 0.5) is 0 Å². The van der Waals surface area contributed by atoms with Crippen LogP contribution in [0.5, 0.6) is 0 Å². The van der Waals surface area contributed by atoms with Crippen molar-refractivity contribution < 1.29 is 0 Å². The highest BCUT2D eigenvalue weighted by Gasteiger charge is 2.19. The minimum atomic E-state index is 0.532. The second-order valence-electron chi connectivity index (χ2n) is 10.1. The molecule has 4 heterocycles. The highest BCUT2D eigenvalue weighted by Crippen LogP contribution is 2.32. The number of rotatable bonds is 8. The van der Waals surface area contributed by atoms with Crippen LogP contribution in [-0.4, -0.2) is 34.7 Å². The quantitative estimate of drug-likeness (QED) is 0.198. The molecule has 39 heavy (non-hydrogen) atoms. The van der Waals surface area contributed by atoms with Crippen molar-refractivity contribution in [1.82, 2.24) is 40.0 Å². The van der Waals surface area contributed by atoms with Gasteiger partial charge in [-0.2, -0.15) is 5.10 Å². The number of pyridine rings is 1. The third-order valence-corrected chi connectivity index (χ3v) is 7.48. The van der Waals surface area contributed by atoms with Gasteiger partial charge in [-0.3, -0.25) is 10.1 Å². The molecule has 0 unspecified atom stereocenters. The van der Waals surface area contributed by atoms with Crippen molar-refractivity contribution in [2.45, 2.75) is 39.5 Å². The number of aryl methyl sites for hydroxylation is 1. The van der Waals surface area contributed by atoms with Gasteiger partial charge in [-0.25, -0.2) is 9.97 Å². The van der Waals surface area contributed by atoms with Crippen LogP contribution >= 0.6 is 0 Å². The maximum absolute atomic E-state index is 4.93. The lowest BCUT2D eigenvalue weighted by molar-refractivity contribution is 0.607. The fourth-order valence-corrected chi connectivity index (χ4v) is 5.36. The maximum Gasteiger partial charge on any atom is 0.159 e. The van der Waals surface area contributed by atoms with Crippen LogP contribution in [0.3, 0.4) is 0 Å². The predicted octanol–water partition coefficient (Wildman–Crippen LogP) is 6.76. The van der Waals surface area contributed by atoms with Gasteiger partial charge in [0, 0.05) is 23.0 Å². The molecule has 4 aromatic heterocycles. The van der Waals surface area contributed by atoms with Gasteiger partial charge in [-0.1, -0.05) is 38.1 Å². The summed E-state index contributed by atoms with van der Waals surface area (Å²) in [6.45, 7) is 12.3. The lowest BCUT2D eigenvalue weighted by Gasteiger charge is -2.17. The van der Waals surface area contributed by atoms with E-state index in [-0.39, 0.29) is 0 Å². The number of nitrogens with one attached hydrogen (secondary N) is 3. The maximum atomic E-state index is 4.93. The zero-order chi connectivity index (χ0) is 26.9. The largest absolute Gasteiger partial charge is 0.359 e. The number of aromatic amines is 2. The summed E-state index contributed by atoms with van der Waals surface area (Å²) in [4.78, 5) is 17.1. The SMILES string of the molecule is C=C/C(=C\C(=C/C)c1ccc2[nH]nc(-c3nc4c(-n5cnc(C)c5)cncc4[nH]3)c2c1)NC(=C)C1CCCC1. The van der Waals surface area contributed by atoms with Crippen LogP contribution in [-0.2, 0) is 0 Å². The van der Waals surface area contributed by atoms with E-state index in [0.717, 1.165) is 61.5 Å². The van der Waals surface area contributed by atoms with Crippen molar-refractivity contribution in [3.05, 3.63) is 97.2 Å². The van der Waals surface area contributed by atoms with E-state index in [1.54, 1.807) is 18.7 Å². The summed E-state index contributed by atoms with van der Waals surface area (Å²) in [5.74, 6) is 1.21. The summed E-state index contributed by atoms with van der Waals surface area (Å²) in [6, 6.07) is 6.31. The molecule has 0 spiro atoms. The van der Waals surface area contributed by atoms with Crippen molar-refractivity contribution in [3.63, 3.8) is 0 Å². The Morgan fingerprint density at radius 2 is 2.03 bits per heavy atom. The van der Waals surface area contributed by atoms with E-state index < -0.39 is 0 Å². The van der Waals surface area contributed by atoms with E-state index in [4.69, 9.17) is 4.98 Å². The number of fused-ring (bicyclic) bond motifs is 2. The molecule has 6 rings (SSSR count). The molecule has 0 radical (unpaired) electrons. The summed E-state index contributed by atoms with van der Waals surface area (Å²) < 4.78 is 1.94. The number of nitrogens with zero attached hydrogens (tertiary/aromatic N) is 5. The standard InChI is InChI=1S/C31H32N8/c1-5-21(13-24(6-2)34-20(4)22-9-7-8-10-22)23-11-12-26-25(14-23)29(38-37-26)31-35-27-15-32-16-28(30(27)36-31)39-17-19(3)33-18-39/h5-6,11-18,22,34H,2,4,7-10H2,1,3H3,(H,35,36)(H,37,38)/b21-5+,24-13+. The molecule has 8 nitrogen and oxygen atoms in total. The Morgan fingerprint density at radius 3 is 2.77 bits per heavy atom. The third-order valence-electron chi connectivity index (χ3n) is 7.48. The molecular weight excluding hydrogens is 484 g/mol. The van der Waals surface area contributed by atoms with Crippen LogP contribution in [0, 0.1) is 12.8 Å². The molecule has 1 saturated carbocycles. The van der Waals surface area contributed by atoms with Gasteiger partial charge in [0.1, 0.15) is 11.2 Å². The summed E-state index contributed by atoms with van der Waals surface area (Å²) >= 11 is 0. The first-order valence-electron chi connectivity index (χ1n) is 13.3. The van der Waals surface area contributed by atoms with Gasteiger partial charge in [0.25, 0.3) is 0 Å². The summed E-state index contributed by atoms with van der Waals surface area (Å²) in [7, 11) is 0. The highest BCUT2D eigenvalue weighted by atomic mass is 15.1. The fourth-order valence-electron chi connectivity index (χ4n) is 5.36. The van der Waals surface area contributed by atoms with E-state index in [1.807, 2.05) is 30.7 Å². The van der Waals surface area contributed by atoms with Gasteiger partial charge in [-0.15, -0.1) is 0 Å². The Hall–Kier alpha value is -4.72. The minimum Gasteiger partial charge on any atom is -0.359 e. The Morgan fingerprint density at radius 1 is 1.18 bits per heavy atom. The van der Waals surface area contributed by atoms with Crippen molar-refractivity contribution >= 4 is 27.5 Å². The predicted molar refractivity (Wildman–Crippen MR) is 157 cm³/mol. The third kappa shape index (κ3) is 4.69. The molecule has 5 aromatic rings. The van der Waals surface area contributed by atoms with E-state index in [2.05, 4.69) is 74.0 Å². The van der Waals surface area contributed by atoms with E-state index in [0.29, 0.717) is 11.7 Å². The van der Waals surface area contributed by atoms with Gasteiger partial charge >= 0.3 is 0 Å². The summed E-state index contributed by atoms with van der Waals surface area (Å²) in [5, 5.41) is 12.3. The molecular formula is C31H32N8. The number of imidazole rings is 2. The van der Waals surface area contributed by atoms with Gasteiger partial charge < -0.3 is 14.9 Å². The van der Waals surface area contributed by atoms with Gasteiger partial charge in [0.15, 0.2) is 5.82 Å². The molecule has 0 atom stereocenters. The monoisotopic (exact) mass is 516 g/mol. The van der Waals surface area contributed by atoms with E-state index >= 15 is 0 Å². The molecule has 8 heteroatoms. The number of hydrogen-bond donors (Lipinski definition) is 3. The molecule has 0 bridgehead atoms. The number of benzene rings is 1. The lowest BCUT2D eigenvalue weighted by atomic mass is 10.0. The topological polar surface area (TPSA) is 100 Å². The molecule has 0 aliphatic heterocycles. The van der Waals surface area contributed by atoms with Gasteiger partial charge in [-0.05, 0) is 68.0 Å². The minimum absolute atomic E-state index is 0.532. The Bertz CT molecular complexity index is 1750. The van der Waals surface area contributed by atoms with Crippen molar-refractivity contribution in [3.8, 4) is 17.2 Å². The summed E-state index contributed by atoms with van der Waals surface area (Å²) in [6.07, 6.45) is 18.4. The van der Waals surface area contributed by atoms with Gasteiger partial charge in [0.05, 0.1) is 41.1 Å². The molecule has 1 aliphatic carbocycles. The smallest absolute Gasteiger partial charge is 0.159 e. The first-order chi connectivity index (χ1) is 19.0. The number of H-pyrrole nitrogens is 2. The van der Waals surface area contributed by atoms with Crippen molar-refractivity contribution in [2.75, 3.05) is 0 Å². The zero-order valence-corrected chi connectivity index (χ0v) is 22.3. The summed E-state index contributed by atoms with van der Waals surface area (Å²) in [5.41, 5.74) is 9.31. The van der Waals surface area contributed by atoms with Crippen molar-refractivity contribution in [2.24, 2.45) is 5.92 Å². The second kappa shape index (κ2) is 10.2. The Balaban J connectivity index is 1.35. The van der Waals surface area contributed by atoms with Gasteiger partial charge in [0.2, 0.25) is 0 Å². The van der Waals surface area contributed by atoms with E-state index in [1.165, 1.54) is 25.7 Å². The Kier molecular flexibility index (Phi) is 6.44. The number of hydrogen-bond acceptors (Lipinski definition) is 5. The average Bonchev–Trinajstić information content (AvgIpc) is 3.76. The molecule has 0 amide bonds. The molecule has 1 aliphatic rings. The van der Waals surface area contributed by atoms with Crippen LogP contribution in [0.25, 0.3) is 44.7 Å².